The fraction of sp³-hybridized carbons (Fsp3) is 0.292. The van der Waals surface area contributed by atoms with E-state index in [9.17, 15) is 14.7 Å². The maximum atomic E-state index is 13.3. The number of aromatic nitrogens is 4. The number of ether oxygens (including phenoxy) is 2. The predicted octanol–water partition coefficient (Wildman–Crippen LogP) is 1.51. The summed E-state index contributed by atoms with van der Waals surface area (Å²) in [6.45, 7) is 3.86. The Balaban J connectivity index is 1.33. The molecule has 0 radical (unpaired) electrons. The van der Waals surface area contributed by atoms with E-state index in [2.05, 4.69) is 20.6 Å². The molecule has 4 N–H and O–H groups in total. The average molecular weight is 508 g/mol. The van der Waals surface area contributed by atoms with Gasteiger partial charge in [0.2, 0.25) is 5.88 Å². The number of anilines is 3. The smallest absolute Gasteiger partial charge is 0.260 e. The number of morpholine rings is 1. The molecule has 1 aliphatic heterocycles. The first-order chi connectivity index (χ1) is 17.8. The Bertz CT molecular complexity index is 1460. The van der Waals surface area contributed by atoms with Crippen molar-refractivity contribution < 1.29 is 28.7 Å². The number of fused-ring (bicyclic) bond motifs is 1. The van der Waals surface area contributed by atoms with Gasteiger partial charge >= 0.3 is 0 Å². The maximum absolute atomic E-state index is 13.3. The van der Waals surface area contributed by atoms with Gasteiger partial charge in [-0.1, -0.05) is 5.16 Å². The lowest BCUT2D eigenvalue weighted by Gasteiger charge is -2.37. The summed E-state index contributed by atoms with van der Waals surface area (Å²) in [5.74, 6) is -0.405. The van der Waals surface area contributed by atoms with Gasteiger partial charge in [-0.25, -0.2) is 9.67 Å². The van der Waals surface area contributed by atoms with Crippen molar-refractivity contribution in [2.24, 2.45) is 0 Å². The number of rotatable bonds is 7. The number of nitrogens with one attached hydrogen (secondary N) is 1. The van der Waals surface area contributed by atoms with Crippen molar-refractivity contribution in [3.05, 3.63) is 48.8 Å². The second-order valence-corrected chi connectivity index (χ2v) is 8.52. The minimum absolute atomic E-state index is 0.0970. The molecular formula is C24H25N7O6. The Morgan fingerprint density at radius 2 is 2.16 bits per heavy atom. The van der Waals surface area contributed by atoms with Crippen LogP contribution < -0.4 is 20.7 Å². The first-order valence-electron chi connectivity index (χ1n) is 11.5. The van der Waals surface area contributed by atoms with Gasteiger partial charge in [-0.05, 0) is 32.0 Å². The monoisotopic (exact) mass is 507 g/mol. The molecule has 0 unspecified atom stereocenters. The lowest BCUT2D eigenvalue weighted by Crippen LogP contribution is -2.61. The molecule has 1 fully saturated rings. The van der Waals surface area contributed by atoms with Crippen LogP contribution in [0.15, 0.2) is 53.3 Å². The van der Waals surface area contributed by atoms with E-state index in [4.69, 9.17) is 19.7 Å². The number of hydrogen-bond donors (Lipinski definition) is 3. The first kappa shape index (κ1) is 24.2. The van der Waals surface area contributed by atoms with Gasteiger partial charge in [0.15, 0.2) is 28.9 Å². The molecule has 5 rings (SSSR count). The normalized spacial score (nSPS) is 17.5. The molecule has 1 aromatic carbocycles. The number of pyridine rings is 1. The molecule has 0 saturated carbocycles. The molecule has 1 aliphatic rings. The van der Waals surface area contributed by atoms with Crippen LogP contribution in [-0.2, 0) is 14.3 Å². The highest BCUT2D eigenvalue weighted by Gasteiger charge is 2.49. The van der Waals surface area contributed by atoms with Crippen LogP contribution in [-0.4, -0.2) is 68.3 Å². The summed E-state index contributed by atoms with van der Waals surface area (Å²) in [6, 6.07) is 9.88. The van der Waals surface area contributed by atoms with Crippen LogP contribution in [0.4, 0.5) is 17.3 Å². The zero-order valence-corrected chi connectivity index (χ0v) is 20.1. The first-order valence-corrected chi connectivity index (χ1v) is 11.5. The van der Waals surface area contributed by atoms with Crippen molar-refractivity contribution in [2.45, 2.75) is 25.6 Å². The fourth-order valence-electron chi connectivity index (χ4n) is 4.00. The zero-order chi connectivity index (χ0) is 26.2. The van der Waals surface area contributed by atoms with Gasteiger partial charge in [0.05, 0.1) is 30.8 Å². The summed E-state index contributed by atoms with van der Waals surface area (Å²) >= 11 is 0. The minimum atomic E-state index is -2.19. The van der Waals surface area contributed by atoms with Gasteiger partial charge < -0.3 is 30.2 Å². The molecule has 4 heterocycles. The molecule has 1 saturated heterocycles. The topological polar surface area (TPSA) is 171 Å². The highest BCUT2D eigenvalue weighted by Crippen LogP contribution is 2.27. The van der Waals surface area contributed by atoms with E-state index < -0.39 is 23.5 Å². The van der Waals surface area contributed by atoms with Gasteiger partial charge in [0.25, 0.3) is 11.8 Å². The van der Waals surface area contributed by atoms with E-state index in [0.29, 0.717) is 40.6 Å². The Kier molecular flexibility index (Phi) is 6.23. The van der Waals surface area contributed by atoms with Gasteiger partial charge in [-0.15, -0.1) is 5.10 Å². The largest absolute Gasteiger partial charge is 0.478 e. The van der Waals surface area contributed by atoms with Crippen LogP contribution in [0.3, 0.4) is 0 Å². The fourth-order valence-corrected chi connectivity index (χ4v) is 4.00. The van der Waals surface area contributed by atoms with Crippen LogP contribution >= 0.6 is 0 Å². The summed E-state index contributed by atoms with van der Waals surface area (Å²) in [6.07, 6.45) is 1.83. The van der Waals surface area contributed by atoms with Crippen LogP contribution in [0.25, 0.3) is 16.7 Å². The molecule has 2 atom stereocenters. The summed E-state index contributed by atoms with van der Waals surface area (Å²) in [5.41, 5.74) is 4.92. The molecule has 13 heteroatoms. The predicted molar refractivity (Wildman–Crippen MR) is 132 cm³/mol. The van der Waals surface area contributed by atoms with Crippen molar-refractivity contribution >= 4 is 40.1 Å². The van der Waals surface area contributed by atoms with E-state index >= 15 is 0 Å². The highest BCUT2D eigenvalue weighted by molar-refractivity contribution is 6.06. The molecule has 0 bridgehead atoms. The lowest BCUT2D eigenvalue weighted by molar-refractivity contribution is -0.165. The average Bonchev–Trinajstić information content (AvgIpc) is 3.52. The summed E-state index contributed by atoms with van der Waals surface area (Å²) in [7, 11) is 0. The number of hydrogen-bond acceptors (Lipinski definition) is 10. The molecule has 192 valence electrons. The second-order valence-electron chi connectivity index (χ2n) is 8.52. The Labute approximate surface area is 210 Å². The van der Waals surface area contributed by atoms with Gasteiger partial charge in [0, 0.05) is 36.3 Å². The molecule has 3 aromatic heterocycles. The molecule has 4 aromatic rings. The van der Waals surface area contributed by atoms with Crippen molar-refractivity contribution in [1.82, 2.24) is 19.9 Å². The molecule has 2 amide bonds. The Hall–Kier alpha value is -4.49. The number of carbonyl (C=O) groups is 2. The van der Waals surface area contributed by atoms with E-state index in [1.165, 1.54) is 17.9 Å². The maximum Gasteiger partial charge on any atom is 0.260 e. The standard InChI is InChI=1S/C24H25N7O6/c1-3-35-19-13-15(6-8-26-19)31-9-7-18(28-31)30-10-11-36-20(22(30)32)24(2,34)23(33)27-14-4-5-16-17(12-14)37-29-21(16)25/h4-9,12-13,20,34H,3,10-11H2,1-2H3,(H2,25,29)(H,27,33)/t20-,24+/m0/s1. The quantitative estimate of drug-likeness (QED) is 0.333. The van der Waals surface area contributed by atoms with Crippen LogP contribution in [0.1, 0.15) is 13.8 Å². The van der Waals surface area contributed by atoms with Crippen LogP contribution in [0.2, 0.25) is 0 Å². The number of aliphatic hydroxyl groups is 1. The Morgan fingerprint density at radius 1 is 1.32 bits per heavy atom. The zero-order valence-electron chi connectivity index (χ0n) is 20.1. The van der Waals surface area contributed by atoms with Gasteiger partial charge in [-0.2, -0.15) is 0 Å². The van der Waals surface area contributed by atoms with E-state index in [0.717, 1.165) is 0 Å². The lowest BCUT2D eigenvalue weighted by atomic mass is 9.95. The van der Waals surface area contributed by atoms with Crippen molar-refractivity contribution in [3.63, 3.8) is 0 Å². The van der Waals surface area contributed by atoms with E-state index in [1.54, 1.807) is 47.4 Å². The summed E-state index contributed by atoms with van der Waals surface area (Å²) in [5, 5.41) is 22.4. The number of nitrogens with zero attached hydrogens (tertiary/aromatic N) is 5. The van der Waals surface area contributed by atoms with Gasteiger partial charge in [-0.3, -0.25) is 14.5 Å². The SMILES string of the molecule is CCOc1cc(-n2ccc(N3CCO[C@H]([C@@](C)(O)C(=O)Nc4ccc5c(N)noc5c4)C3=O)n2)ccn1. The molecule has 0 spiro atoms. The number of benzene rings is 1. The summed E-state index contributed by atoms with van der Waals surface area (Å²) in [4.78, 5) is 31.9. The second kappa shape index (κ2) is 9.52. The summed E-state index contributed by atoms with van der Waals surface area (Å²) < 4.78 is 17.7. The number of amides is 2. The number of nitrogen functional groups attached to an aromatic ring is 1. The van der Waals surface area contributed by atoms with Gasteiger partial charge in [0.1, 0.15) is 0 Å². The number of carbonyl (C=O) groups excluding carboxylic acids is 2. The third kappa shape index (κ3) is 4.57. The van der Waals surface area contributed by atoms with Crippen LogP contribution in [0, 0.1) is 0 Å². The third-order valence-electron chi connectivity index (χ3n) is 5.94. The highest BCUT2D eigenvalue weighted by atomic mass is 16.5. The van der Waals surface area contributed by atoms with Crippen LogP contribution in [0.5, 0.6) is 5.88 Å². The van der Waals surface area contributed by atoms with Crippen molar-refractivity contribution in [2.75, 3.05) is 35.7 Å². The molecule has 13 nitrogen and oxygen atoms in total. The third-order valence-corrected chi connectivity index (χ3v) is 5.94. The number of nitrogens with two attached hydrogens (primary N) is 1. The van der Waals surface area contributed by atoms with Crippen molar-refractivity contribution in [3.8, 4) is 11.6 Å². The minimum Gasteiger partial charge on any atom is -0.478 e. The molecule has 0 aliphatic carbocycles. The molecule has 37 heavy (non-hydrogen) atoms. The molecular weight excluding hydrogens is 482 g/mol. The van der Waals surface area contributed by atoms with E-state index in [-0.39, 0.29) is 19.0 Å². The Morgan fingerprint density at radius 3 is 2.97 bits per heavy atom. The van der Waals surface area contributed by atoms with E-state index in [1.807, 2.05) is 6.92 Å². The van der Waals surface area contributed by atoms with Crippen molar-refractivity contribution in [1.29, 1.82) is 0 Å².